The quantitative estimate of drug-likeness (QED) is 0.322. The number of carbonyl (C=O) groups is 2. The van der Waals surface area contributed by atoms with Gasteiger partial charge in [-0.2, -0.15) is 0 Å². The molecule has 1 amide bonds. The molecule has 0 bridgehead atoms. The topological polar surface area (TPSA) is 105 Å². The number of aryl methyl sites for hydroxylation is 1. The predicted molar refractivity (Wildman–Crippen MR) is 129 cm³/mol. The number of aromatic nitrogens is 3. The van der Waals surface area contributed by atoms with Crippen molar-refractivity contribution in [2.45, 2.75) is 32.0 Å². The molecule has 0 saturated heterocycles. The fraction of sp³-hybridized carbons (Fsp3) is 0.333. The van der Waals surface area contributed by atoms with E-state index in [-0.39, 0.29) is 18.3 Å². The summed E-state index contributed by atoms with van der Waals surface area (Å²) in [7, 11) is 3.41. The number of amides is 1. The summed E-state index contributed by atoms with van der Waals surface area (Å²) in [5.74, 6) is 1.37. The van der Waals surface area contributed by atoms with Crippen molar-refractivity contribution >= 4 is 29.3 Å². The highest BCUT2D eigenvalue weighted by Crippen LogP contribution is 2.28. The second-order valence-corrected chi connectivity index (χ2v) is 8.40. The summed E-state index contributed by atoms with van der Waals surface area (Å²) in [6, 6.07) is 12.4. The lowest BCUT2D eigenvalue weighted by Crippen LogP contribution is -2.15. The highest BCUT2D eigenvalue weighted by molar-refractivity contribution is 7.99. The van der Waals surface area contributed by atoms with Gasteiger partial charge in [0.15, 0.2) is 22.5 Å². The van der Waals surface area contributed by atoms with Gasteiger partial charge in [0.2, 0.25) is 5.91 Å². The average Bonchev–Trinajstić information content (AvgIpc) is 3.19. The molecule has 0 fully saturated rings. The Balaban J connectivity index is 1.53. The van der Waals surface area contributed by atoms with Gasteiger partial charge in [0.1, 0.15) is 6.61 Å². The summed E-state index contributed by atoms with van der Waals surface area (Å²) in [5.41, 5.74) is 1.99. The van der Waals surface area contributed by atoms with Crippen LogP contribution in [-0.2, 0) is 23.2 Å². The number of esters is 1. The number of benzene rings is 2. The van der Waals surface area contributed by atoms with E-state index >= 15 is 0 Å². The summed E-state index contributed by atoms with van der Waals surface area (Å²) < 4.78 is 18.1. The van der Waals surface area contributed by atoms with Crippen molar-refractivity contribution < 1.29 is 23.8 Å². The average molecular weight is 485 g/mol. The molecule has 0 aliphatic carbocycles. The van der Waals surface area contributed by atoms with E-state index in [0.29, 0.717) is 40.3 Å². The Hall–Kier alpha value is -3.53. The van der Waals surface area contributed by atoms with Crippen molar-refractivity contribution in [3.8, 4) is 11.5 Å². The zero-order valence-electron chi connectivity index (χ0n) is 19.7. The molecule has 180 valence electrons. The molecule has 1 N–H and O–H groups in total. The molecule has 0 atom stereocenters. The van der Waals surface area contributed by atoms with Crippen LogP contribution in [0.15, 0.2) is 47.6 Å². The van der Waals surface area contributed by atoms with Crippen LogP contribution in [0.25, 0.3) is 0 Å². The highest BCUT2D eigenvalue weighted by Gasteiger charge is 2.14. The van der Waals surface area contributed by atoms with Crippen LogP contribution >= 0.6 is 11.8 Å². The molecule has 3 aromatic rings. The van der Waals surface area contributed by atoms with E-state index in [1.54, 1.807) is 35.9 Å². The molecule has 10 heteroatoms. The van der Waals surface area contributed by atoms with Crippen LogP contribution < -0.4 is 14.8 Å². The Kier molecular flexibility index (Phi) is 8.92. The minimum Gasteiger partial charge on any atom is -0.493 e. The Morgan fingerprint density at radius 2 is 1.94 bits per heavy atom. The first-order valence-electron chi connectivity index (χ1n) is 10.8. The van der Waals surface area contributed by atoms with Crippen molar-refractivity contribution in [2.75, 3.05) is 24.8 Å². The second-order valence-electron chi connectivity index (χ2n) is 7.45. The Labute approximate surface area is 202 Å². The monoisotopic (exact) mass is 484 g/mol. The van der Waals surface area contributed by atoms with Gasteiger partial charge in [0.05, 0.1) is 25.0 Å². The lowest BCUT2D eigenvalue weighted by atomic mass is 10.2. The van der Waals surface area contributed by atoms with Crippen molar-refractivity contribution in [1.29, 1.82) is 0 Å². The number of ether oxygens (including phenoxy) is 3. The summed E-state index contributed by atoms with van der Waals surface area (Å²) in [6.45, 7) is 4.47. The lowest BCUT2D eigenvalue weighted by molar-refractivity contribution is -0.113. The van der Waals surface area contributed by atoms with E-state index in [1.807, 2.05) is 39.1 Å². The van der Waals surface area contributed by atoms with Crippen LogP contribution in [0.5, 0.6) is 11.5 Å². The number of thioether (sulfide) groups is 1. The van der Waals surface area contributed by atoms with E-state index in [4.69, 9.17) is 14.2 Å². The van der Waals surface area contributed by atoms with Gasteiger partial charge in [0, 0.05) is 12.7 Å². The molecule has 0 radical (unpaired) electrons. The van der Waals surface area contributed by atoms with Gasteiger partial charge in [-0.3, -0.25) is 4.79 Å². The van der Waals surface area contributed by atoms with Crippen molar-refractivity contribution in [1.82, 2.24) is 14.8 Å². The van der Waals surface area contributed by atoms with E-state index in [2.05, 4.69) is 15.5 Å². The maximum absolute atomic E-state index is 12.4. The van der Waals surface area contributed by atoms with E-state index in [1.165, 1.54) is 11.8 Å². The van der Waals surface area contributed by atoms with Crippen molar-refractivity contribution in [3.63, 3.8) is 0 Å². The molecule has 9 nitrogen and oxygen atoms in total. The van der Waals surface area contributed by atoms with Gasteiger partial charge in [0.25, 0.3) is 0 Å². The molecule has 2 aromatic carbocycles. The van der Waals surface area contributed by atoms with Crippen LogP contribution in [0, 0.1) is 6.92 Å². The number of carbonyl (C=O) groups excluding carboxylic acids is 2. The van der Waals surface area contributed by atoms with Gasteiger partial charge >= 0.3 is 5.97 Å². The molecule has 34 heavy (non-hydrogen) atoms. The first-order valence-corrected chi connectivity index (χ1v) is 11.7. The predicted octanol–water partition coefficient (Wildman–Crippen LogP) is 4.01. The van der Waals surface area contributed by atoms with Gasteiger partial charge < -0.3 is 24.1 Å². The molecular formula is C24H28N4O5S. The third-order valence-corrected chi connectivity index (χ3v) is 5.77. The molecule has 0 unspecified atom stereocenters. The standard InChI is InChI=1S/C24H28N4O5S/c1-5-11-32-23(30)17-7-6-8-18(13-17)25-22(29)15-34-24-27-26-21(28(24)3)14-33-19-10-9-16(2)12-20(19)31-4/h6-10,12-13H,5,11,14-15H2,1-4H3,(H,25,29). The maximum atomic E-state index is 12.4. The number of rotatable bonds is 11. The van der Waals surface area contributed by atoms with Crippen LogP contribution in [0.1, 0.15) is 35.1 Å². The SMILES string of the molecule is CCCOC(=O)c1cccc(NC(=O)CSc2nnc(COc3ccc(C)cc3OC)n2C)c1. The van der Waals surface area contributed by atoms with Crippen LogP contribution in [0.2, 0.25) is 0 Å². The fourth-order valence-corrected chi connectivity index (χ4v) is 3.69. The summed E-state index contributed by atoms with van der Waals surface area (Å²) in [6.07, 6.45) is 0.745. The Morgan fingerprint density at radius 3 is 2.71 bits per heavy atom. The number of methoxy groups -OCH3 is 1. The van der Waals surface area contributed by atoms with Crippen LogP contribution in [-0.4, -0.2) is 46.1 Å². The molecule has 1 aromatic heterocycles. The number of nitrogens with one attached hydrogen (secondary N) is 1. The molecular weight excluding hydrogens is 456 g/mol. The van der Waals surface area contributed by atoms with Gasteiger partial charge in [-0.25, -0.2) is 4.79 Å². The van der Waals surface area contributed by atoms with E-state index in [0.717, 1.165) is 12.0 Å². The molecule has 1 heterocycles. The molecule has 0 aliphatic heterocycles. The minimum atomic E-state index is -0.413. The van der Waals surface area contributed by atoms with Crippen LogP contribution in [0.4, 0.5) is 5.69 Å². The number of hydrogen-bond acceptors (Lipinski definition) is 8. The normalized spacial score (nSPS) is 10.6. The van der Waals surface area contributed by atoms with Crippen LogP contribution in [0.3, 0.4) is 0 Å². The Morgan fingerprint density at radius 1 is 1.12 bits per heavy atom. The van der Waals surface area contributed by atoms with Crippen molar-refractivity contribution in [2.24, 2.45) is 7.05 Å². The number of anilines is 1. The number of hydrogen-bond donors (Lipinski definition) is 1. The fourth-order valence-electron chi connectivity index (χ4n) is 2.96. The second kappa shape index (κ2) is 12.1. The molecule has 0 saturated carbocycles. The summed E-state index contributed by atoms with van der Waals surface area (Å²) in [4.78, 5) is 24.4. The largest absolute Gasteiger partial charge is 0.493 e. The summed E-state index contributed by atoms with van der Waals surface area (Å²) in [5, 5.41) is 11.7. The minimum absolute atomic E-state index is 0.128. The van der Waals surface area contributed by atoms with E-state index in [9.17, 15) is 9.59 Å². The van der Waals surface area contributed by atoms with E-state index < -0.39 is 5.97 Å². The number of nitrogens with zero attached hydrogens (tertiary/aromatic N) is 3. The van der Waals surface area contributed by atoms with Gasteiger partial charge in [-0.05, 0) is 49.2 Å². The molecule has 3 rings (SSSR count). The van der Waals surface area contributed by atoms with Gasteiger partial charge in [-0.15, -0.1) is 10.2 Å². The third-order valence-electron chi connectivity index (χ3n) is 4.75. The zero-order valence-corrected chi connectivity index (χ0v) is 20.5. The first-order chi connectivity index (χ1) is 16.4. The van der Waals surface area contributed by atoms with Gasteiger partial charge in [-0.1, -0.05) is 30.8 Å². The molecule has 0 spiro atoms. The smallest absolute Gasteiger partial charge is 0.338 e. The third kappa shape index (κ3) is 6.74. The highest BCUT2D eigenvalue weighted by atomic mass is 32.2. The maximum Gasteiger partial charge on any atom is 0.338 e. The van der Waals surface area contributed by atoms with Crippen molar-refractivity contribution in [3.05, 3.63) is 59.4 Å². The molecule has 0 aliphatic rings. The zero-order chi connectivity index (χ0) is 24.5. The Bertz CT molecular complexity index is 1150. The lowest BCUT2D eigenvalue weighted by Gasteiger charge is -2.11. The first kappa shape index (κ1) is 25.1. The summed E-state index contributed by atoms with van der Waals surface area (Å²) >= 11 is 1.25.